The maximum atomic E-state index is 13.2. The molecule has 6 heteroatoms. The van der Waals surface area contributed by atoms with Crippen molar-refractivity contribution in [3.8, 4) is 0 Å². The fourth-order valence-electron chi connectivity index (χ4n) is 5.52. The molecule has 0 radical (unpaired) electrons. The number of carbonyl (C=O) groups is 1. The van der Waals surface area contributed by atoms with Crippen LogP contribution in [-0.2, 0) is 21.4 Å². The Morgan fingerprint density at radius 2 is 1.74 bits per heavy atom. The van der Waals surface area contributed by atoms with E-state index in [0.29, 0.717) is 25.4 Å². The van der Waals surface area contributed by atoms with E-state index in [2.05, 4.69) is 30.9 Å². The predicted molar refractivity (Wildman–Crippen MR) is 106 cm³/mol. The summed E-state index contributed by atoms with van der Waals surface area (Å²) < 4.78 is 28.0. The van der Waals surface area contributed by atoms with Crippen molar-refractivity contribution in [2.45, 2.75) is 39.7 Å². The molecule has 5 nitrogen and oxygen atoms in total. The highest BCUT2D eigenvalue weighted by Crippen LogP contribution is 2.64. The van der Waals surface area contributed by atoms with Gasteiger partial charge in [-0.2, -0.15) is 4.31 Å². The molecule has 2 unspecified atom stereocenters. The molecule has 1 aliphatic heterocycles. The molecule has 2 atom stereocenters. The van der Waals surface area contributed by atoms with Crippen LogP contribution in [0.2, 0.25) is 0 Å². The molecule has 0 spiro atoms. The molecule has 2 saturated carbocycles. The normalized spacial score (nSPS) is 31.5. The van der Waals surface area contributed by atoms with Gasteiger partial charge in [0.25, 0.3) is 0 Å². The molecule has 3 aliphatic rings. The topological polar surface area (TPSA) is 57.7 Å². The first kappa shape index (κ1) is 19.1. The molecular formula is C21H30N2O3S. The standard InChI is InChI=1S/C21H30N2O3S/c1-20(2)18-8-9-21(20,19(24)14-18)16-27(25,26)23-12-10-22(11-13-23)15-17-6-4-3-5-7-17/h3-7,18H,8-16H2,1-2H3. The highest BCUT2D eigenvalue weighted by molar-refractivity contribution is 7.89. The van der Waals surface area contributed by atoms with Crippen LogP contribution in [-0.4, -0.2) is 55.3 Å². The number of sulfonamides is 1. The van der Waals surface area contributed by atoms with Crippen molar-refractivity contribution >= 4 is 15.8 Å². The average molecular weight is 391 g/mol. The second-order valence-corrected chi connectivity index (χ2v) is 11.1. The van der Waals surface area contributed by atoms with Crippen molar-refractivity contribution in [1.82, 2.24) is 9.21 Å². The van der Waals surface area contributed by atoms with Crippen molar-refractivity contribution in [1.29, 1.82) is 0 Å². The Morgan fingerprint density at radius 1 is 1.07 bits per heavy atom. The summed E-state index contributed by atoms with van der Waals surface area (Å²) in [6, 6.07) is 10.3. The number of piperazine rings is 1. The van der Waals surface area contributed by atoms with E-state index < -0.39 is 15.4 Å². The number of Topliss-reactive ketones (excluding diaryl/α,β-unsaturated/α-hetero) is 1. The summed E-state index contributed by atoms with van der Waals surface area (Å²) in [6.45, 7) is 7.56. The monoisotopic (exact) mass is 390 g/mol. The Hall–Kier alpha value is -1.24. The highest BCUT2D eigenvalue weighted by Gasteiger charge is 2.65. The van der Waals surface area contributed by atoms with Crippen LogP contribution in [0.3, 0.4) is 0 Å². The molecule has 148 valence electrons. The number of benzene rings is 1. The molecule has 0 amide bonds. The minimum absolute atomic E-state index is 0.00101. The van der Waals surface area contributed by atoms with Crippen LogP contribution in [0.5, 0.6) is 0 Å². The van der Waals surface area contributed by atoms with Crippen LogP contribution in [0.25, 0.3) is 0 Å². The second kappa shape index (κ2) is 6.68. The minimum Gasteiger partial charge on any atom is -0.299 e. The van der Waals surface area contributed by atoms with E-state index >= 15 is 0 Å². The van der Waals surface area contributed by atoms with Crippen molar-refractivity contribution in [2.24, 2.45) is 16.7 Å². The van der Waals surface area contributed by atoms with Gasteiger partial charge in [0.2, 0.25) is 10.0 Å². The summed E-state index contributed by atoms with van der Waals surface area (Å²) in [5.41, 5.74) is 0.382. The molecule has 1 aromatic carbocycles. The molecule has 4 rings (SSSR count). The maximum Gasteiger partial charge on any atom is 0.215 e. The fraction of sp³-hybridized carbons (Fsp3) is 0.667. The van der Waals surface area contributed by atoms with E-state index in [-0.39, 0.29) is 17.0 Å². The minimum atomic E-state index is -3.43. The van der Waals surface area contributed by atoms with E-state index in [4.69, 9.17) is 0 Å². The van der Waals surface area contributed by atoms with Gasteiger partial charge < -0.3 is 0 Å². The number of carbonyl (C=O) groups excluding carboxylic acids is 1. The van der Waals surface area contributed by atoms with Gasteiger partial charge in [0, 0.05) is 44.6 Å². The van der Waals surface area contributed by atoms with Crippen molar-refractivity contribution in [3.63, 3.8) is 0 Å². The van der Waals surface area contributed by atoms with Gasteiger partial charge in [-0.1, -0.05) is 44.2 Å². The molecule has 3 fully saturated rings. The third-order valence-corrected chi connectivity index (χ3v) is 9.55. The van der Waals surface area contributed by atoms with Gasteiger partial charge in [0.15, 0.2) is 0 Å². The molecule has 27 heavy (non-hydrogen) atoms. The van der Waals surface area contributed by atoms with Crippen LogP contribution in [0, 0.1) is 16.7 Å². The molecule has 2 aliphatic carbocycles. The summed E-state index contributed by atoms with van der Waals surface area (Å²) in [5.74, 6) is 0.527. The average Bonchev–Trinajstić information content (AvgIpc) is 2.97. The van der Waals surface area contributed by atoms with Crippen LogP contribution in [0.4, 0.5) is 0 Å². The van der Waals surface area contributed by atoms with E-state index in [0.717, 1.165) is 32.5 Å². The lowest BCUT2D eigenvalue weighted by Gasteiger charge is -2.39. The predicted octanol–water partition coefficient (Wildman–Crippen LogP) is 2.53. The first-order valence-electron chi connectivity index (χ1n) is 10.0. The van der Waals surface area contributed by atoms with Gasteiger partial charge in [-0.15, -0.1) is 0 Å². The van der Waals surface area contributed by atoms with Crippen molar-refractivity contribution in [2.75, 3.05) is 31.9 Å². The zero-order valence-electron chi connectivity index (χ0n) is 16.4. The van der Waals surface area contributed by atoms with Crippen LogP contribution < -0.4 is 0 Å². The van der Waals surface area contributed by atoms with E-state index in [1.165, 1.54) is 5.56 Å². The van der Waals surface area contributed by atoms with Crippen LogP contribution in [0.1, 0.15) is 38.7 Å². The Balaban J connectivity index is 1.41. The largest absolute Gasteiger partial charge is 0.299 e. The number of hydrogen-bond acceptors (Lipinski definition) is 4. The van der Waals surface area contributed by atoms with Crippen LogP contribution >= 0.6 is 0 Å². The maximum absolute atomic E-state index is 13.2. The van der Waals surface area contributed by atoms with Gasteiger partial charge in [-0.3, -0.25) is 9.69 Å². The quantitative estimate of drug-likeness (QED) is 0.775. The number of fused-ring (bicyclic) bond motifs is 2. The third-order valence-electron chi connectivity index (χ3n) is 7.54. The summed E-state index contributed by atoms with van der Waals surface area (Å²) in [7, 11) is -3.43. The molecule has 0 N–H and O–H groups in total. The first-order valence-corrected chi connectivity index (χ1v) is 11.6. The molecule has 0 aromatic heterocycles. The molecule has 1 heterocycles. The second-order valence-electron chi connectivity index (χ2n) is 9.08. The Labute approximate surface area is 162 Å². The van der Waals surface area contributed by atoms with Gasteiger partial charge in [-0.05, 0) is 29.7 Å². The summed E-state index contributed by atoms with van der Waals surface area (Å²) in [5, 5.41) is 0. The van der Waals surface area contributed by atoms with E-state index in [1.807, 2.05) is 18.2 Å². The van der Waals surface area contributed by atoms with Gasteiger partial charge in [0.05, 0.1) is 5.75 Å². The molecular weight excluding hydrogens is 360 g/mol. The summed E-state index contributed by atoms with van der Waals surface area (Å²) >= 11 is 0. The number of hydrogen-bond donors (Lipinski definition) is 0. The molecule has 1 aromatic rings. The SMILES string of the molecule is CC1(C)C2CCC1(CS(=O)(=O)N1CCN(Cc3ccccc3)CC1)C(=O)C2. The Morgan fingerprint density at radius 3 is 2.30 bits per heavy atom. The Kier molecular flexibility index (Phi) is 4.72. The molecule has 2 bridgehead atoms. The smallest absolute Gasteiger partial charge is 0.215 e. The third kappa shape index (κ3) is 3.15. The number of rotatable bonds is 5. The molecule has 1 saturated heterocycles. The lowest BCUT2D eigenvalue weighted by molar-refractivity contribution is -0.128. The number of ketones is 1. The van der Waals surface area contributed by atoms with E-state index in [9.17, 15) is 13.2 Å². The highest BCUT2D eigenvalue weighted by atomic mass is 32.2. The lowest BCUT2D eigenvalue weighted by atomic mass is 9.70. The zero-order valence-corrected chi connectivity index (χ0v) is 17.2. The number of nitrogens with zero attached hydrogens (tertiary/aromatic N) is 2. The summed E-state index contributed by atoms with van der Waals surface area (Å²) in [6.07, 6.45) is 2.28. The van der Waals surface area contributed by atoms with E-state index in [1.54, 1.807) is 4.31 Å². The van der Waals surface area contributed by atoms with Gasteiger partial charge in [-0.25, -0.2) is 8.42 Å². The van der Waals surface area contributed by atoms with Crippen molar-refractivity contribution in [3.05, 3.63) is 35.9 Å². The van der Waals surface area contributed by atoms with Crippen LogP contribution in [0.15, 0.2) is 30.3 Å². The summed E-state index contributed by atoms with van der Waals surface area (Å²) in [4.78, 5) is 15.0. The first-order chi connectivity index (χ1) is 12.7. The van der Waals surface area contributed by atoms with Gasteiger partial charge in [0.1, 0.15) is 5.78 Å². The lowest BCUT2D eigenvalue weighted by Crippen LogP contribution is -2.52. The fourth-order valence-corrected chi connectivity index (χ4v) is 7.72. The van der Waals surface area contributed by atoms with Crippen molar-refractivity contribution < 1.29 is 13.2 Å². The van der Waals surface area contributed by atoms with Gasteiger partial charge >= 0.3 is 0 Å². The zero-order chi connectivity index (χ0) is 19.3. The Bertz CT molecular complexity index is 813.